The standard InChI is InChI=1S/C12H23N5S/c1-4-13-12-11(14-15-18-12)9-17-7-5-6-10(8-17)16(2)3/h10,13H,4-9H2,1-3H3. The summed E-state index contributed by atoms with van der Waals surface area (Å²) in [5.74, 6) is 0. The van der Waals surface area contributed by atoms with Crippen LogP contribution in [0.4, 0.5) is 5.00 Å². The third kappa shape index (κ3) is 3.40. The first-order chi connectivity index (χ1) is 8.70. The van der Waals surface area contributed by atoms with Gasteiger partial charge in [-0.25, -0.2) is 0 Å². The number of likely N-dealkylation sites (tertiary alicyclic amines) is 1. The van der Waals surface area contributed by atoms with Crippen LogP contribution in [0.3, 0.4) is 0 Å². The van der Waals surface area contributed by atoms with Crippen molar-refractivity contribution in [2.75, 3.05) is 39.0 Å². The van der Waals surface area contributed by atoms with E-state index in [-0.39, 0.29) is 0 Å². The predicted octanol–water partition coefficient (Wildman–Crippen LogP) is 1.50. The van der Waals surface area contributed by atoms with Crippen molar-refractivity contribution in [2.45, 2.75) is 32.4 Å². The molecule has 102 valence electrons. The Morgan fingerprint density at radius 2 is 2.33 bits per heavy atom. The van der Waals surface area contributed by atoms with Crippen LogP contribution >= 0.6 is 11.5 Å². The summed E-state index contributed by atoms with van der Waals surface area (Å²) >= 11 is 1.46. The third-order valence-corrected chi connectivity index (χ3v) is 4.20. The number of hydrogen-bond donors (Lipinski definition) is 1. The van der Waals surface area contributed by atoms with E-state index in [4.69, 9.17) is 0 Å². The molecular weight excluding hydrogens is 246 g/mol. The Bertz CT molecular complexity index is 365. The molecule has 2 rings (SSSR count). The molecule has 0 saturated carbocycles. The van der Waals surface area contributed by atoms with Gasteiger partial charge in [0.1, 0.15) is 10.7 Å². The summed E-state index contributed by atoms with van der Waals surface area (Å²) in [6, 6.07) is 0.674. The van der Waals surface area contributed by atoms with Crippen LogP contribution in [0.15, 0.2) is 0 Å². The van der Waals surface area contributed by atoms with Crippen LogP contribution in [0.1, 0.15) is 25.5 Å². The van der Waals surface area contributed by atoms with Crippen molar-refractivity contribution in [3.63, 3.8) is 0 Å². The summed E-state index contributed by atoms with van der Waals surface area (Å²) in [5, 5.41) is 8.71. The molecule has 5 nitrogen and oxygen atoms in total. The molecule has 0 radical (unpaired) electrons. The topological polar surface area (TPSA) is 44.3 Å². The van der Waals surface area contributed by atoms with Gasteiger partial charge in [-0.05, 0) is 40.4 Å². The van der Waals surface area contributed by atoms with Gasteiger partial charge >= 0.3 is 0 Å². The van der Waals surface area contributed by atoms with Gasteiger partial charge in [-0.15, -0.1) is 5.10 Å². The van der Waals surface area contributed by atoms with Crippen molar-refractivity contribution < 1.29 is 0 Å². The SMILES string of the molecule is CCNc1snnc1CN1CCCC(N(C)C)C1. The summed E-state index contributed by atoms with van der Waals surface area (Å²) in [6.45, 7) is 6.26. The predicted molar refractivity (Wildman–Crippen MR) is 76.1 cm³/mol. The molecule has 1 aromatic rings. The summed E-state index contributed by atoms with van der Waals surface area (Å²) < 4.78 is 4.05. The van der Waals surface area contributed by atoms with E-state index < -0.39 is 0 Å². The molecule has 0 amide bonds. The molecule has 1 unspecified atom stereocenters. The van der Waals surface area contributed by atoms with E-state index in [1.165, 1.54) is 30.9 Å². The second kappa shape index (κ2) is 6.45. The Labute approximate surface area is 113 Å². The number of aromatic nitrogens is 2. The van der Waals surface area contributed by atoms with Crippen LogP contribution in [-0.2, 0) is 6.54 Å². The Morgan fingerprint density at radius 1 is 1.50 bits per heavy atom. The van der Waals surface area contributed by atoms with Gasteiger partial charge in [0, 0.05) is 37.2 Å². The first-order valence-corrected chi connectivity index (χ1v) is 7.42. The third-order valence-electron chi connectivity index (χ3n) is 3.48. The maximum Gasteiger partial charge on any atom is 0.134 e. The fourth-order valence-corrected chi connectivity index (χ4v) is 3.06. The fraction of sp³-hybridized carbons (Fsp3) is 0.833. The van der Waals surface area contributed by atoms with Crippen molar-refractivity contribution >= 4 is 16.5 Å². The molecule has 6 heteroatoms. The Hall–Kier alpha value is -0.720. The first kappa shape index (κ1) is 13.7. The molecule has 18 heavy (non-hydrogen) atoms. The van der Waals surface area contributed by atoms with Crippen LogP contribution in [0.2, 0.25) is 0 Å². The van der Waals surface area contributed by atoms with Gasteiger partial charge < -0.3 is 10.2 Å². The summed E-state index contributed by atoms with van der Waals surface area (Å²) in [5.41, 5.74) is 1.10. The minimum absolute atomic E-state index is 0.674. The van der Waals surface area contributed by atoms with Gasteiger partial charge in [0.15, 0.2) is 0 Å². The molecule has 0 bridgehead atoms. The number of hydrogen-bond acceptors (Lipinski definition) is 6. The van der Waals surface area contributed by atoms with E-state index in [2.05, 4.69) is 45.7 Å². The normalized spacial score (nSPS) is 21.4. The average molecular weight is 269 g/mol. The van der Waals surface area contributed by atoms with E-state index in [1.54, 1.807) is 0 Å². The molecule has 1 N–H and O–H groups in total. The maximum atomic E-state index is 4.25. The minimum Gasteiger partial charge on any atom is -0.374 e. The van der Waals surface area contributed by atoms with Gasteiger partial charge in [0.25, 0.3) is 0 Å². The molecular formula is C12H23N5S. The lowest BCUT2D eigenvalue weighted by atomic mass is 10.0. The van der Waals surface area contributed by atoms with Crippen molar-refractivity contribution in [3.8, 4) is 0 Å². The number of anilines is 1. The Balaban J connectivity index is 1.94. The Morgan fingerprint density at radius 3 is 3.06 bits per heavy atom. The maximum absolute atomic E-state index is 4.25. The van der Waals surface area contributed by atoms with Crippen molar-refractivity contribution in [1.82, 2.24) is 19.4 Å². The fourth-order valence-electron chi connectivity index (χ4n) is 2.41. The van der Waals surface area contributed by atoms with E-state index in [0.29, 0.717) is 6.04 Å². The summed E-state index contributed by atoms with van der Waals surface area (Å²) in [7, 11) is 4.34. The van der Waals surface area contributed by atoms with Crippen LogP contribution in [0.5, 0.6) is 0 Å². The van der Waals surface area contributed by atoms with E-state index in [1.807, 2.05) is 0 Å². The van der Waals surface area contributed by atoms with Crippen molar-refractivity contribution in [1.29, 1.82) is 0 Å². The summed E-state index contributed by atoms with van der Waals surface area (Å²) in [4.78, 5) is 4.82. The molecule has 0 aliphatic carbocycles. The second-order valence-corrected chi connectivity index (χ2v) is 5.83. The number of piperidine rings is 1. The molecule has 1 aliphatic heterocycles. The largest absolute Gasteiger partial charge is 0.374 e. The highest BCUT2D eigenvalue weighted by molar-refractivity contribution is 7.10. The molecule has 1 atom stereocenters. The molecule has 2 heterocycles. The number of nitrogens with zero attached hydrogens (tertiary/aromatic N) is 4. The molecule has 1 aromatic heterocycles. The average Bonchev–Trinajstić information content (AvgIpc) is 2.77. The van der Waals surface area contributed by atoms with E-state index in [0.717, 1.165) is 30.3 Å². The van der Waals surface area contributed by atoms with Crippen molar-refractivity contribution in [2.24, 2.45) is 0 Å². The smallest absolute Gasteiger partial charge is 0.134 e. The molecule has 1 fully saturated rings. The van der Waals surface area contributed by atoms with Crippen LogP contribution in [0, 0.1) is 0 Å². The lowest BCUT2D eigenvalue weighted by Gasteiger charge is -2.35. The zero-order valence-electron chi connectivity index (χ0n) is 11.5. The molecule has 0 spiro atoms. The Kier molecular flexibility index (Phi) is 4.91. The van der Waals surface area contributed by atoms with Gasteiger partial charge in [-0.2, -0.15) is 0 Å². The zero-order valence-corrected chi connectivity index (χ0v) is 12.3. The van der Waals surface area contributed by atoms with Crippen LogP contribution in [0.25, 0.3) is 0 Å². The second-order valence-electron chi connectivity index (χ2n) is 5.07. The molecule has 1 aliphatic rings. The van der Waals surface area contributed by atoms with Crippen molar-refractivity contribution in [3.05, 3.63) is 5.69 Å². The monoisotopic (exact) mass is 269 g/mol. The zero-order chi connectivity index (χ0) is 13.0. The lowest BCUT2D eigenvalue weighted by Crippen LogP contribution is -2.44. The summed E-state index contributed by atoms with van der Waals surface area (Å²) in [6.07, 6.45) is 2.58. The van der Waals surface area contributed by atoms with E-state index in [9.17, 15) is 0 Å². The highest BCUT2D eigenvalue weighted by Crippen LogP contribution is 2.21. The highest BCUT2D eigenvalue weighted by Gasteiger charge is 2.22. The van der Waals surface area contributed by atoms with Gasteiger partial charge in [0.05, 0.1) is 0 Å². The molecule has 0 aromatic carbocycles. The van der Waals surface area contributed by atoms with E-state index >= 15 is 0 Å². The van der Waals surface area contributed by atoms with Gasteiger partial charge in [-0.3, -0.25) is 4.90 Å². The highest BCUT2D eigenvalue weighted by atomic mass is 32.1. The quantitative estimate of drug-likeness (QED) is 0.877. The van der Waals surface area contributed by atoms with Gasteiger partial charge in [0.2, 0.25) is 0 Å². The first-order valence-electron chi connectivity index (χ1n) is 6.64. The van der Waals surface area contributed by atoms with Gasteiger partial charge in [-0.1, -0.05) is 4.49 Å². The number of rotatable bonds is 5. The lowest BCUT2D eigenvalue weighted by molar-refractivity contribution is 0.127. The van der Waals surface area contributed by atoms with Crippen LogP contribution in [-0.4, -0.2) is 59.2 Å². The van der Waals surface area contributed by atoms with Crippen LogP contribution < -0.4 is 5.32 Å². The molecule has 1 saturated heterocycles. The number of likely N-dealkylation sites (N-methyl/N-ethyl adjacent to an activating group) is 1. The minimum atomic E-state index is 0.674. The number of nitrogens with one attached hydrogen (secondary N) is 1.